The SMILES string of the molecule is CSCCC(N=Cc1ccc(Cl)cc1)C(=O)O. The predicted molar refractivity (Wildman–Crippen MR) is 73.5 cm³/mol. The van der Waals surface area contributed by atoms with Crippen LogP contribution in [0.3, 0.4) is 0 Å². The maximum atomic E-state index is 10.9. The van der Waals surface area contributed by atoms with Crippen molar-refractivity contribution in [3.63, 3.8) is 0 Å². The number of carbonyl (C=O) groups is 1. The summed E-state index contributed by atoms with van der Waals surface area (Å²) in [5.41, 5.74) is 0.852. The number of rotatable bonds is 6. The van der Waals surface area contributed by atoms with E-state index in [1.165, 1.54) is 0 Å². The fourth-order valence-corrected chi connectivity index (χ4v) is 1.80. The van der Waals surface area contributed by atoms with Crippen LogP contribution in [0.1, 0.15) is 12.0 Å². The van der Waals surface area contributed by atoms with Gasteiger partial charge in [-0.05, 0) is 36.1 Å². The van der Waals surface area contributed by atoms with E-state index in [2.05, 4.69) is 4.99 Å². The predicted octanol–water partition coefficient (Wildman–Crippen LogP) is 2.97. The van der Waals surface area contributed by atoms with E-state index >= 15 is 0 Å². The molecule has 0 aliphatic carbocycles. The maximum absolute atomic E-state index is 10.9. The van der Waals surface area contributed by atoms with Crippen LogP contribution in [0.2, 0.25) is 5.02 Å². The van der Waals surface area contributed by atoms with Crippen molar-refractivity contribution in [2.45, 2.75) is 12.5 Å². The highest BCUT2D eigenvalue weighted by Crippen LogP contribution is 2.09. The number of halogens is 1. The molecule has 1 unspecified atom stereocenters. The molecular weight excluding hydrogens is 258 g/mol. The topological polar surface area (TPSA) is 49.7 Å². The standard InChI is InChI=1S/C12H14ClNO2S/c1-17-7-6-11(12(15)16)14-8-9-2-4-10(13)5-3-9/h2-5,8,11H,6-7H2,1H3,(H,15,16). The van der Waals surface area contributed by atoms with Crippen molar-refractivity contribution in [3.05, 3.63) is 34.9 Å². The van der Waals surface area contributed by atoms with Crippen molar-refractivity contribution in [3.8, 4) is 0 Å². The van der Waals surface area contributed by atoms with E-state index in [-0.39, 0.29) is 0 Å². The van der Waals surface area contributed by atoms with Crippen LogP contribution >= 0.6 is 23.4 Å². The first-order chi connectivity index (χ1) is 8.13. The summed E-state index contributed by atoms with van der Waals surface area (Å²) >= 11 is 7.37. The molecule has 0 amide bonds. The van der Waals surface area contributed by atoms with E-state index in [9.17, 15) is 4.79 Å². The lowest BCUT2D eigenvalue weighted by atomic mass is 10.2. The Balaban J connectivity index is 2.65. The van der Waals surface area contributed by atoms with Crippen molar-refractivity contribution in [1.29, 1.82) is 0 Å². The van der Waals surface area contributed by atoms with Gasteiger partial charge in [0.25, 0.3) is 0 Å². The van der Waals surface area contributed by atoms with Gasteiger partial charge in [-0.15, -0.1) is 0 Å². The lowest BCUT2D eigenvalue weighted by Gasteiger charge is -2.05. The average Bonchev–Trinajstić information content (AvgIpc) is 2.31. The summed E-state index contributed by atoms with van der Waals surface area (Å²) in [6.45, 7) is 0. The first-order valence-corrected chi connectivity index (χ1v) is 6.91. The Hall–Kier alpha value is -1.00. The minimum atomic E-state index is -0.885. The van der Waals surface area contributed by atoms with E-state index in [1.807, 2.05) is 6.26 Å². The van der Waals surface area contributed by atoms with Crippen LogP contribution in [0.5, 0.6) is 0 Å². The minimum absolute atomic E-state index is 0.542. The van der Waals surface area contributed by atoms with E-state index in [0.717, 1.165) is 11.3 Å². The zero-order chi connectivity index (χ0) is 12.7. The molecule has 1 aromatic rings. The molecule has 0 aliphatic heterocycles. The molecule has 0 heterocycles. The third-order valence-electron chi connectivity index (χ3n) is 2.15. The summed E-state index contributed by atoms with van der Waals surface area (Å²) in [7, 11) is 0. The van der Waals surface area contributed by atoms with E-state index in [1.54, 1.807) is 42.2 Å². The Morgan fingerprint density at radius 3 is 2.71 bits per heavy atom. The van der Waals surface area contributed by atoms with Crippen LogP contribution in [0, 0.1) is 0 Å². The van der Waals surface area contributed by atoms with E-state index < -0.39 is 12.0 Å². The molecule has 0 saturated heterocycles. The molecule has 17 heavy (non-hydrogen) atoms. The summed E-state index contributed by atoms with van der Waals surface area (Å²) < 4.78 is 0. The number of thioether (sulfide) groups is 1. The molecule has 0 aliphatic rings. The Labute approximate surface area is 110 Å². The van der Waals surface area contributed by atoms with Crippen LogP contribution in [-0.4, -0.2) is 35.3 Å². The van der Waals surface area contributed by atoms with Crippen LogP contribution < -0.4 is 0 Å². The van der Waals surface area contributed by atoms with Crippen molar-refractivity contribution >= 4 is 35.5 Å². The van der Waals surface area contributed by atoms with Crippen molar-refractivity contribution in [2.24, 2.45) is 4.99 Å². The average molecular weight is 272 g/mol. The maximum Gasteiger partial charge on any atom is 0.328 e. The second kappa shape index (κ2) is 7.35. The summed E-state index contributed by atoms with van der Waals surface area (Å²) in [5, 5.41) is 9.63. The highest BCUT2D eigenvalue weighted by Gasteiger charge is 2.14. The number of hydrogen-bond donors (Lipinski definition) is 1. The lowest BCUT2D eigenvalue weighted by Crippen LogP contribution is -2.18. The largest absolute Gasteiger partial charge is 0.480 e. The quantitative estimate of drug-likeness (QED) is 0.810. The molecule has 0 fully saturated rings. The Bertz CT molecular complexity index is 392. The van der Waals surface area contributed by atoms with Gasteiger partial charge in [0.05, 0.1) is 0 Å². The third kappa shape index (κ3) is 5.24. The van der Waals surface area contributed by atoms with Gasteiger partial charge in [-0.25, -0.2) is 4.79 Å². The number of aliphatic imine (C=N–C) groups is 1. The Morgan fingerprint density at radius 1 is 1.53 bits per heavy atom. The summed E-state index contributed by atoms with van der Waals surface area (Å²) in [6, 6.07) is 6.44. The van der Waals surface area contributed by atoms with Gasteiger partial charge in [0.2, 0.25) is 0 Å². The van der Waals surface area contributed by atoms with E-state index in [0.29, 0.717) is 11.4 Å². The van der Waals surface area contributed by atoms with Gasteiger partial charge in [-0.3, -0.25) is 4.99 Å². The molecule has 0 spiro atoms. The molecule has 0 radical (unpaired) electrons. The normalized spacial score (nSPS) is 12.8. The van der Waals surface area contributed by atoms with E-state index in [4.69, 9.17) is 16.7 Å². The molecule has 0 bridgehead atoms. The lowest BCUT2D eigenvalue weighted by molar-refractivity contribution is -0.138. The molecule has 1 atom stereocenters. The number of benzene rings is 1. The second-order valence-electron chi connectivity index (χ2n) is 3.47. The van der Waals surface area contributed by atoms with Crippen LogP contribution in [0.15, 0.2) is 29.3 Å². The van der Waals surface area contributed by atoms with Crippen LogP contribution in [0.4, 0.5) is 0 Å². The molecule has 0 aromatic heterocycles. The summed E-state index contributed by atoms with van der Waals surface area (Å²) in [4.78, 5) is 15.0. The first-order valence-electron chi connectivity index (χ1n) is 5.14. The smallest absolute Gasteiger partial charge is 0.328 e. The number of nitrogens with zero attached hydrogens (tertiary/aromatic N) is 1. The molecule has 1 N–H and O–H groups in total. The first kappa shape index (κ1) is 14.1. The number of carboxylic acid groups (broad SMARTS) is 1. The molecule has 1 rings (SSSR count). The second-order valence-corrected chi connectivity index (χ2v) is 4.89. The van der Waals surface area contributed by atoms with Gasteiger partial charge in [0.1, 0.15) is 6.04 Å². The number of aliphatic carboxylic acids is 1. The monoisotopic (exact) mass is 271 g/mol. The van der Waals surface area contributed by atoms with Gasteiger partial charge < -0.3 is 5.11 Å². The van der Waals surface area contributed by atoms with Gasteiger partial charge in [-0.2, -0.15) is 11.8 Å². The Morgan fingerprint density at radius 2 is 2.18 bits per heavy atom. The van der Waals surface area contributed by atoms with Gasteiger partial charge in [-0.1, -0.05) is 23.7 Å². The van der Waals surface area contributed by atoms with Gasteiger partial charge >= 0.3 is 5.97 Å². The Kier molecular flexibility index (Phi) is 6.08. The highest BCUT2D eigenvalue weighted by atomic mass is 35.5. The molecule has 3 nitrogen and oxygen atoms in total. The molecule has 92 valence electrons. The van der Waals surface area contributed by atoms with Crippen molar-refractivity contribution < 1.29 is 9.90 Å². The zero-order valence-electron chi connectivity index (χ0n) is 9.47. The molecule has 1 aromatic carbocycles. The summed E-state index contributed by atoms with van der Waals surface area (Å²) in [6.07, 6.45) is 4.07. The van der Waals surface area contributed by atoms with Crippen molar-refractivity contribution in [2.75, 3.05) is 12.0 Å². The zero-order valence-corrected chi connectivity index (χ0v) is 11.0. The van der Waals surface area contributed by atoms with Crippen LogP contribution in [-0.2, 0) is 4.79 Å². The fraction of sp³-hybridized carbons (Fsp3) is 0.333. The highest BCUT2D eigenvalue weighted by molar-refractivity contribution is 7.98. The molecule has 5 heteroatoms. The van der Waals surface area contributed by atoms with Crippen LogP contribution in [0.25, 0.3) is 0 Å². The third-order valence-corrected chi connectivity index (χ3v) is 3.05. The van der Waals surface area contributed by atoms with Gasteiger partial charge in [0, 0.05) is 11.2 Å². The van der Waals surface area contributed by atoms with Crippen molar-refractivity contribution in [1.82, 2.24) is 0 Å². The van der Waals surface area contributed by atoms with Gasteiger partial charge in [0.15, 0.2) is 0 Å². The molecule has 0 saturated carbocycles. The fourth-order valence-electron chi connectivity index (χ4n) is 1.22. The minimum Gasteiger partial charge on any atom is -0.480 e. The summed E-state index contributed by atoms with van der Waals surface area (Å²) in [5.74, 6) is -0.0983. The number of hydrogen-bond acceptors (Lipinski definition) is 3. The number of carboxylic acids is 1. The molecular formula is C12H14ClNO2S.